The zero-order valence-electron chi connectivity index (χ0n) is 8.78. The molecule has 0 aromatic carbocycles. The van der Waals surface area contributed by atoms with Crippen molar-refractivity contribution in [3.63, 3.8) is 0 Å². The normalized spacial score (nSPS) is 18.7. The molecule has 1 aliphatic rings. The Balaban J connectivity index is 0.000000336. The highest BCUT2D eigenvalue weighted by Gasteiger charge is 2.22. The molecule has 1 saturated heterocycles. The van der Waals surface area contributed by atoms with Crippen LogP contribution in [0.25, 0.3) is 0 Å². The maximum absolute atomic E-state index is 10.9. The molecule has 15 heavy (non-hydrogen) atoms. The largest absolute Gasteiger partial charge is 0.310 e. The molecule has 0 spiro atoms. The van der Waals surface area contributed by atoms with Gasteiger partial charge in [0.15, 0.2) is 9.84 Å². The molecule has 1 heterocycles. The third kappa shape index (κ3) is 5.69. The minimum absolute atomic E-state index is 0.0115. The Morgan fingerprint density at radius 2 is 2.13 bits per heavy atom. The fourth-order valence-corrected chi connectivity index (χ4v) is 1.99. The number of nitrogens with one attached hydrogen (secondary N) is 1. The Hall–Kier alpha value is -0.680. The van der Waals surface area contributed by atoms with Crippen molar-refractivity contribution in [3.8, 4) is 0 Å². The van der Waals surface area contributed by atoms with Crippen LogP contribution in [0.5, 0.6) is 0 Å². The molecule has 1 radical (unpaired) electrons. The summed E-state index contributed by atoms with van der Waals surface area (Å²) in [5, 5.41) is 12.3. The highest BCUT2D eigenvalue weighted by atomic mass is 32.2. The molecule has 0 aliphatic carbocycles. The summed E-state index contributed by atoms with van der Waals surface area (Å²) >= 11 is 0. The van der Waals surface area contributed by atoms with Crippen LogP contribution in [0.1, 0.15) is 19.8 Å². The molecular weight excluding hydrogens is 218 g/mol. The Labute approximate surface area is 90.1 Å². The highest BCUT2D eigenvalue weighted by Crippen LogP contribution is 2.05. The van der Waals surface area contributed by atoms with Gasteiger partial charge in [-0.05, 0) is 6.42 Å². The van der Waals surface area contributed by atoms with Crippen LogP contribution in [0, 0.1) is 0 Å². The topological polar surface area (TPSA) is 83.1 Å². The van der Waals surface area contributed by atoms with E-state index in [1.54, 1.807) is 0 Å². The van der Waals surface area contributed by atoms with E-state index >= 15 is 0 Å². The predicted octanol–water partition coefficient (Wildman–Crippen LogP) is -0.0631. The molecule has 0 bridgehead atoms. The predicted molar refractivity (Wildman–Crippen MR) is 56.3 cm³/mol. The Morgan fingerprint density at radius 1 is 1.47 bits per heavy atom. The van der Waals surface area contributed by atoms with Gasteiger partial charge in [-0.25, -0.2) is 18.3 Å². The van der Waals surface area contributed by atoms with Crippen LogP contribution in [0.15, 0.2) is 4.91 Å². The van der Waals surface area contributed by atoms with Crippen molar-refractivity contribution in [2.24, 2.45) is 0 Å². The quantitative estimate of drug-likeness (QED) is 0.678. The number of sulfone groups is 1. The summed E-state index contributed by atoms with van der Waals surface area (Å²) in [5.41, 5.74) is 0. The second-order valence-corrected chi connectivity index (χ2v) is 5.21. The van der Waals surface area contributed by atoms with Crippen molar-refractivity contribution in [1.82, 2.24) is 5.32 Å². The van der Waals surface area contributed by atoms with Crippen LogP contribution in [0.4, 0.5) is 0 Å². The molecule has 1 aliphatic heterocycles. The lowest BCUT2D eigenvalue weighted by molar-refractivity contribution is 0.188. The number of carbonyl (C=O) groups excluding carboxylic acids is 1. The summed E-state index contributed by atoms with van der Waals surface area (Å²) in [7, 11) is -3.24. The van der Waals surface area contributed by atoms with E-state index in [2.05, 4.69) is 5.32 Å². The van der Waals surface area contributed by atoms with Crippen molar-refractivity contribution in [2.75, 3.05) is 25.4 Å². The monoisotopic (exact) mass is 234 g/mol. The van der Waals surface area contributed by atoms with Crippen LogP contribution in [-0.2, 0) is 19.7 Å². The first kappa shape index (κ1) is 14.3. The molecule has 0 aromatic rings. The molecular formula is C9H16NO4S. The molecule has 1 fully saturated rings. The van der Waals surface area contributed by atoms with Gasteiger partial charge in [-0.1, -0.05) is 13.3 Å². The number of unbranched alkanes of at least 4 members (excludes halogenated alkanes) is 1. The van der Waals surface area contributed by atoms with Gasteiger partial charge in [-0.3, -0.25) is 0 Å². The summed E-state index contributed by atoms with van der Waals surface area (Å²) in [5.74, 6) is 1.42. The van der Waals surface area contributed by atoms with E-state index in [1.807, 2.05) is 6.92 Å². The second kappa shape index (κ2) is 7.59. The fourth-order valence-electron chi connectivity index (χ4n) is 0.886. The summed E-state index contributed by atoms with van der Waals surface area (Å²) < 4.78 is 21.7. The zero-order chi connectivity index (χ0) is 11.7. The Morgan fingerprint density at radius 3 is 2.40 bits per heavy atom. The van der Waals surface area contributed by atoms with E-state index < -0.39 is 9.84 Å². The summed E-state index contributed by atoms with van der Waals surface area (Å²) in [4.78, 5) is 9.84. The first-order valence-corrected chi connectivity index (χ1v) is 6.49. The van der Waals surface area contributed by atoms with Gasteiger partial charge in [0, 0.05) is 13.1 Å². The lowest BCUT2D eigenvalue weighted by atomic mass is 10.4. The van der Waals surface area contributed by atoms with E-state index in [1.165, 1.54) is 5.94 Å². The van der Waals surface area contributed by atoms with Gasteiger partial charge in [0.2, 0.25) is 0 Å². The maximum Gasteiger partial charge on any atom is 0.187 e. The lowest BCUT2D eigenvalue weighted by Gasteiger charge is -2.12. The first-order chi connectivity index (χ1) is 7.08. The number of hydrogen-bond donors (Lipinski definition) is 1. The highest BCUT2D eigenvalue weighted by molar-refractivity contribution is 7.95. The van der Waals surface area contributed by atoms with Crippen molar-refractivity contribution in [2.45, 2.75) is 19.8 Å². The zero-order valence-corrected chi connectivity index (χ0v) is 9.60. The summed E-state index contributed by atoms with van der Waals surface area (Å²) in [6, 6.07) is 0. The lowest BCUT2D eigenvalue weighted by Crippen LogP contribution is -2.34. The van der Waals surface area contributed by atoms with Gasteiger partial charge < -0.3 is 5.32 Å². The molecule has 0 amide bonds. The molecule has 6 heteroatoms. The average Bonchev–Trinajstić information content (AvgIpc) is 2.19. The molecule has 0 atom stereocenters. The summed E-state index contributed by atoms with van der Waals surface area (Å²) in [6.45, 7) is 2.66. The average molecular weight is 234 g/mol. The first-order valence-electron chi connectivity index (χ1n) is 4.84. The molecule has 5 nitrogen and oxygen atoms in total. The molecule has 1 rings (SSSR count). The van der Waals surface area contributed by atoms with Crippen molar-refractivity contribution in [1.29, 1.82) is 0 Å². The van der Waals surface area contributed by atoms with Crippen molar-refractivity contribution < 1.29 is 18.3 Å². The van der Waals surface area contributed by atoms with Gasteiger partial charge in [-0.15, -0.1) is 0 Å². The molecule has 0 unspecified atom stereocenters. The van der Waals surface area contributed by atoms with Gasteiger partial charge in [0.25, 0.3) is 0 Å². The number of hydrogen-bond acceptors (Lipinski definition) is 4. The maximum atomic E-state index is 10.9. The third-order valence-corrected chi connectivity index (χ3v) is 3.54. The standard InChI is InChI=1S/C5H7NO3S.C4H9O/c7-4-5-3-6-1-2-10(5,8)9;1-2-3-4-5/h6H,1-3H2;2-4H2,1H3. The Bertz CT molecular complexity index is 315. The van der Waals surface area contributed by atoms with Gasteiger partial charge in [-0.2, -0.15) is 0 Å². The van der Waals surface area contributed by atoms with Gasteiger partial charge in [0.05, 0.1) is 12.4 Å². The van der Waals surface area contributed by atoms with Crippen LogP contribution >= 0.6 is 0 Å². The second-order valence-electron chi connectivity index (χ2n) is 3.08. The molecule has 1 N–H and O–H groups in total. The van der Waals surface area contributed by atoms with Crippen LogP contribution in [0.3, 0.4) is 0 Å². The summed E-state index contributed by atoms with van der Waals surface area (Å²) in [6.07, 6.45) is 1.86. The van der Waals surface area contributed by atoms with Crippen LogP contribution in [-0.4, -0.2) is 39.8 Å². The molecule has 0 saturated carbocycles. The Kier molecular flexibility index (Phi) is 7.25. The molecule has 0 aromatic heterocycles. The minimum atomic E-state index is -3.24. The smallest absolute Gasteiger partial charge is 0.187 e. The third-order valence-electron chi connectivity index (χ3n) is 1.82. The van der Waals surface area contributed by atoms with Crippen molar-refractivity contribution in [3.05, 3.63) is 4.91 Å². The van der Waals surface area contributed by atoms with Gasteiger partial charge >= 0.3 is 0 Å². The SMILES string of the molecule is CCCC[O].O=C=C1CNCCS1(=O)=O. The fraction of sp³-hybridized carbons (Fsp3) is 0.778. The van der Waals surface area contributed by atoms with Crippen LogP contribution in [0.2, 0.25) is 0 Å². The number of rotatable bonds is 2. The minimum Gasteiger partial charge on any atom is -0.310 e. The van der Waals surface area contributed by atoms with E-state index in [-0.39, 0.29) is 23.8 Å². The van der Waals surface area contributed by atoms with Crippen LogP contribution < -0.4 is 5.32 Å². The van der Waals surface area contributed by atoms with E-state index in [0.29, 0.717) is 6.54 Å². The molecule has 87 valence electrons. The van der Waals surface area contributed by atoms with E-state index in [4.69, 9.17) is 0 Å². The van der Waals surface area contributed by atoms with E-state index in [0.717, 1.165) is 12.8 Å². The van der Waals surface area contributed by atoms with Gasteiger partial charge in [0.1, 0.15) is 10.8 Å². The van der Waals surface area contributed by atoms with E-state index in [9.17, 15) is 18.3 Å². The van der Waals surface area contributed by atoms with Crippen molar-refractivity contribution >= 4 is 15.8 Å².